The average Bonchev–Trinajstić information content (AvgIpc) is 3.22. The molecule has 3 amide bonds. The zero-order chi connectivity index (χ0) is 19.8. The highest BCUT2D eigenvalue weighted by Crippen LogP contribution is 2.35. The van der Waals surface area contributed by atoms with E-state index in [0.717, 1.165) is 18.4 Å². The van der Waals surface area contributed by atoms with E-state index in [1.807, 2.05) is 37.1 Å². The first-order chi connectivity index (χ1) is 13.5. The zero-order valence-corrected chi connectivity index (χ0v) is 16.3. The minimum atomic E-state index is -0.259. The third-order valence-electron chi connectivity index (χ3n) is 5.86. The lowest BCUT2D eigenvalue weighted by atomic mass is 10.1. The molecule has 2 aromatic rings. The quantitative estimate of drug-likeness (QED) is 0.751. The molecule has 0 fully saturated rings. The number of nitrogens with zero attached hydrogens (tertiary/aromatic N) is 2. The second-order valence-corrected chi connectivity index (χ2v) is 7.67. The van der Waals surface area contributed by atoms with Gasteiger partial charge in [-0.25, -0.2) is 0 Å². The predicted octanol–water partition coefficient (Wildman–Crippen LogP) is 3.52. The van der Waals surface area contributed by atoms with Gasteiger partial charge in [-0.15, -0.1) is 0 Å². The second-order valence-electron chi connectivity index (χ2n) is 7.67. The maximum absolute atomic E-state index is 12.7. The summed E-state index contributed by atoms with van der Waals surface area (Å²) in [4.78, 5) is 40.8. The van der Waals surface area contributed by atoms with Gasteiger partial charge in [0.15, 0.2) is 0 Å². The Balaban J connectivity index is 1.35. The molecule has 0 bridgehead atoms. The summed E-state index contributed by atoms with van der Waals surface area (Å²) in [5, 5.41) is 0. The van der Waals surface area contributed by atoms with E-state index < -0.39 is 0 Å². The summed E-state index contributed by atoms with van der Waals surface area (Å²) in [5.74, 6) is -0.464. The molecule has 0 N–H and O–H groups in total. The summed E-state index contributed by atoms with van der Waals surface area (Å²) < 4.78 is 0. The molecule has 1 aliphatic carbocycles. The van der Waals surface area contributed by atoms with Crippen LogP contribution in [-0.4, -0.2) is 41.1 Å². The largest absolute Gasteiger partial charge is 0.339 e. The van der Waals surface area contributed by atoms with Crippen LogP contribution in [0.3, 0.4) is 0 Å². The van der Waals surface area contributed by atoms with Gasteiger partial charge < -0.3 is 4.90 Å². The smallest absolute Gasteiger partial charge is 0.261 e. The molecule has 5 heteroatoms. The van der Waals surface area contributed by atoms with Crippen LogP contribution in [0.15, 0.2) is 42.5 Å². The fourth-order valence-electron chi connectivity index (χ4n) is 4.28. The van der Waals surface area contributed by atoms with Gasteiger partial charge in [-0.05, 0) is 49.4 Å². The number of fused-ring (bicyclic) bond motifs is 2. The lowest BCUT2D eigenvalue weighted by Crippen LogP contribution is -2.33. The van der Waals surface area contributed by atoms with Crippen molar-refractivity contribution in [3.05, 3.63) is 70.3 Å². The van der Waals surface area contributed by atoms with Crippen LogP contribution < -0.4 is 0 Å². The van der Waals surface area contributed by atoms with Crippen molar-refractivity contribution < 1.29 is 14.4 Å². The lowest BCUT2D eigenvalue weighted by molar-refractivity contribution is -0.132. The summed E-state index contributed by atoms with van der Waals surface area (Å²) in [6.45, 7) is 2.17. The number of benzene rings is 2. The number of rotatable bonds is 5. The molecular weight excluding hydrogens is 352 g/mol. The van der Waals surface area contributed by atoms with Gasteiger partial charge in [-0.1, -0.05) is 35.9 Å². The van der Waals surface area contributed by atoms with Crippen LogP contribution in [0.2, 0.25) is 0 Å². The molecule has 4 rings (SSSR count). The average molecular weight is 376 g/mol. The molecule has 2 aliphatic rings. The fraction of sp³-hybridized carbons (Fsp3) is 0.348. The molecule has 2 aromatic carbocycles. The Hall–Kier alpha value is -2.95. The number of imide groups is 1. The Labute approximate surface area is 164 Å². The van der Waals surface area contributed by atoms with Crippen molar-refractivity contribution >= 4 is 17.7 Å². The summed E-state index contributed by atoms with van der Waals surface area (Å²) in [7, 11) is 1.85. The molecule has 5 nitrogen and oxygen atoms in total. The molecular formula is C23H24N2O3. The predicted molar refractivity (Wildman–Crippen MR) is 106 cm³/mol. The van der Waals surface area contributed by atoms with Gasteiger partial charge in [0, 0.05) is 20.0 Å². The van der Waals surface area contributed by atoms with Crippen molar-refractivity contribution in [2.45, 2.75) is 38.6 Å². The number of carbonyl (C=O) groups is 3. The summed E-state index contributed by atoms with van der Waals surface area (Å²) in [5.41, 5.74) is 4.43. The van der Waals surface area contributed by atoms with E-state index in [0.29, 0.717) is 24.0 Å². The van der Waals surface area contributed by atoms with E-state index in [1.54, 1.807) is 12.1 Å². The highest BCUT2D eigenvalue weighted by Gasteiger charge is 2.35. The van der Waals surface area contributed by atoms with Crippen LogP contribution in [0.25, 0.3) is 0 Å². The Morgan fingerprint density at radius 3 is 2.68 bits per heavy atom. The van der Waals surface area contributed by atoms with Crippen molar-refractivity contribution in [3.8, 4) is 0 Å². The number of amides is 3. The van der Waals surface area contributed by atoms with Crippen molar-refractivity contribution in [1.29, 1.82) is 0 Å². The molecule has 144 valence electrons. The van der Waals surface area contributed by atoms with Crippen LogP contribution in [0.1, 0.15) is 62.7 Å². The number of hydrogen-bond donors (Lipinski definition) is 0. The standard InChI is InChI=1S/C23H24N2O3/c1-15-9-11-18-19(14-15)23(28)25(22(18)27)13-5-8-21(26)24(2)20-12-10-16-6-3-4-7-17(16)20/h3-4,6-7,9,11,14,20H,5,8,10,12-13H2,1-2H3. The fourth-order valence-corrected chi connectivity index (χ4v) is 4.28. The van der Waals surface area contributed by atoms with Crippen molar-refractivity contribution in [3.63, 3.8) is 0 Å². The molecule has 0 spiro atoms. The molecule has 0 aromatic heterocycles. The SMILES string of the molecule is Cc1ccc2c(c1)C(=O)N(CCCC(=O)N(C)C1CCc3ccccc31)C2=O. The van der Waals surface area contributed by atoms with Crippen LogP contribution in [0.5, 0.6) is 0 Å². The van der Waals surface area contributed by atoms with E-state index in [2.05, 4.69) is 12.1 Å². The molecule has 1 heterocycles. The Morgan fingerprint density at radius 2 is 1.86 bits per heavy atom. The second kappa shape index (κ2) is 7.23. The monoisotopic (exact) mass is 376 g/mol. The van der Waals surface area contributed by atoms with Gasteiger partial charge in [-0.2, -0.15) is 0 Å². The van der Waals surface area contributed by atoms with Gasteiger partial charge in [0.2, 0.25) is 5.91 Å². The Morgan fingerprint density at radius 1 is 1.11 bits per heavy atom. The minimum Gasteiger partial charge on any atom is -0.339 e. The van der Waals surface area contributed by atoms with Crippen LogP contribution in [0, 0.1) is 6.92 Å². The van der Waals surface area contributed by atoms with Gasteiger partial charge in [0.1, 0.15) is 0 Å². The first kappa shape index (κ1) is 18.4. The molecule has 1 unspecified atom stereocenters. The van der Waals surface area contributed by atoms with E-state index >= 15 is 0 Å². The van der Waals surface area contributed by atoms with E-state index in [-0.39, 0.29) is 30.3 Å². The first-order valence-corrected chi connectivity index (χ1v) is 9.77. The van der Waals surface area contributed by atoms with Crippen molar-refractivity contribution in [2.24, 2.45) is 0 Å². The molecule has 28 heavy (non-hydrogen) atoms. The van der Waals surface area contributed by atoms with E-state index in [1.165, 1.54) is 16.0 Å². The number of aryl methyl sites for hydroxylation is 2. The number of hydrogen-bond acceptors (Lipinski definition) is 3. The van der Waals surface area contributed by atoms with Crippen molar-refractivity contribution in [2.75, 3.05) is 13.6 Å². The maximum Gasteiger partial charge on any atom is 0.261 e. The van der Waals surface area contributed by atoms with Gasteiger partial charge >= 0.3 is 0 Å². The van der Waals surface area contributed by atoms with Crippen molar-refractivity contribution in [1.82, 2.24) is 9.80 Å². The highest BCUT2D eigenvalue weighted by atomic mass is 16.2. The summed E-state index contributed by atoms with van der Waals surface area (Å²) >= 11 is 0. The zero-order valence-electron chi connectivity index (χ0n) is 16.3. The normalized spacial score (nSPS) is 17.6. The minimum absolute atomic E-state index is 0.0501. The van der Waals surface area contributed by atoms with Crippen LogP contribution in [-0.2, 0) is 11.2 Å². The van der Waals surface area contributed by atoms with Gasteiger partial charge in [0.25, 0.3) is 11.8 Å². The highest BCUT2D eigenvalue weighted by molar-refractivity contribution is 6.21. The first-order valence-electron chi connectivity index (χ1n) is 9.77. The number of carbonyl (C=O) groups excluding carboxylic acids is 3. The topological polar surface area (TPSA) is 57.7 Å². The Bertz CT molecular complexity index is 966. The van der Waals surface area contributed by atoms with Gasteiger partial charge in [-0.3, -0.25) is 19.3 Å². The molecule has 0 radical (unpaired) electrons. The van der Waals surface area contributed by atoms with Gasteiger partial charge in [0.05, 0.1) is 17.2 Å². The van der Waals surface area contributed by atoms with Crippen LogP contribution >= 0.6 is 0 Å². The summed E-state index contributed by atoms with van der Waals surface area (Å²) in [6.07, 6.45) is 2.73. The third kappa shape index (κ3) is 3.11. The maximum atomic E-state index is 12.7. The van der Waals surface area contributed by atoms with E-state index in [9.17, 15) is 14.4 Å². The summed E-state index contributed by atoms with van der Waals surface area (Å²) in [6, 6.07) is 13.7. The molecule has 1 atom stereocenters. The van der Waals surface area contributed by atoms with E-state index in [4.69, 9.17) is 0 Å². The molecule has 0 saturated carbocycles. The molecule has 1 aliphatic heterocycles. The third-order valence-corrected chi connectivity index (χ3v) is 5.86. The molecule has 0 saturated heterocycles. The Kier molecular flexibility index (Phi) is 4.75. The lowest BCUT2D eigenvalue weighted by Gasteiger charge is -2.26. The van der Waals surface area contributed by atoms with Crippen LogP contribution in [0.4, 0.5) is 0 Å².